The zero-order valence-electron chi connectivity index (χ0n) is 11.3. The Morgan fingerprint density at radius 3 is 2.72 bits per heavy atom. The normalized spacial score (nSPS) is 17.1. The molecule has 0 bridgehead atoms. The highest BCUT2D eigenvalue weighted by molar-refractivity contribution is 5.21. The molecule has 1 aliphatic rings. The zero-order valence-corrected chi connectivity index (χ0v) is 11.3. The van der Waals surface area contributed by atoms with Crippen molar-refractivity contribution in [3.05, 3.63) is 35.6 Å². The standard InChI is InChI=1S/C15H23FN2/c1-3-17-15(11-18(2)10-12-8-9-12)13-6-4-5-7-14(13)16/h4-7,12,15,17H,3,8-11H2,1-2H3. The van der Waals surface area contributed by atoms with Gasteiger partial charge in [-0.2, -0.15) is 0 Å². The number of hydrogen-bond acceptors (Lipinski definition) is 2. The Kier molecular flexibility index (Phi) is 4.72. The lowest BCUT2D eigenvalue weighted by molar-refractivity contribution is 0.279. The zero-order chi connectivity index (χ0) is 13.0. The minimum Gasteiger partial charge on any atom is -0.309 e. The summed E-state index contributed by atoms with van der Waals surface area (Å²) in [7, 11) is 2.13. The van der Waals surface area contributed by atoms with E-state index in [2.05, 4.69) is 24.2 Å². The van der Waals surface area contributed by atoms with E-state index >= 15 is 0 Å². The van der Waals surface area contributed by atoms with Gasteiger partial charge >= 0.3 is 0 Å². The Morgan fingerprint density at radius 2 is 2.11 bits per heavy atom. The van der Waals surface area contributed by atoms with Crippen molar-refractivity contribution in [2.75, 3.05) is 26.7 Å². The fraction of sp³-hybridized carbons (Fsp3) is 0.600. The summed E-state index contributed by atoms with van der Waals surface area (Å²) in [6.45, 7) is 4.92. The van der Waals surface area contributed by atoms with Gasteiger partial charge in [0.25, 0.3) is 0 Å². The molecule has 1 aromatic rings. The van der Waals surface area contributed by atoms with E-state index in [9.17, 15) is 4.39 Å². The summed E-state index contributed by atoms with van der Waals surface area (Å²) >= 11 is 0. The van der Waals surface area contributed by atoms with E-state index in [0.717, 1.165) is 31.1 Å². The molecule has 1 N–H and O–H groups in total. The maximum atomic E-state index is 13.8. The summed E-state index contributed by atoms with van der Waals surface area (Å²) in [5.41, 5.74) is 0.780. The van der Waals surface area contributed by atoms with Crippen molar-refractivity contribution in [3.63, 3.8) is 0 Å². The SMILES string of the molecule is CCNC(CN(C)CC1CC1)c1ccccc1F. The number of likely N-dealkylation sites (N-methyl/N-ethyl adjacent to an activating group) is 2. The van der Waals surface area contributed by atoms with Gasteiger partial charge in [0.05, 0.1) is 0 Å². The molecule has 1 aliphatic carbocycles. The summed E-state index contributed by atoms with van der Waals surface area (Å²) in [5.74, 6) is 0.765. The number of rotatable bonds is 7. The van der Waals surface area contributed by atoms with Crippen LogP contribution in [0.25, 0.3) is 0 Å². The maximum absolute atomic E-state index is 13.8. The first-order valence-corrected chi connectivity index (χ1v) is 6.87. The van der Waals surface area contributed by atoms with Gasteiger partial charge in [0.1, 0.15) is 5.82 Å². The highest BCUT2D eigenvalue weighted by atomic mass is 19.1. The average molecular weight is 250 g/mol. The molecule has 1 saturated carbocycles. The first-order chi connectivity index (χ1) is 8.70. The number of hydrogen-bond donors (Lipinski definition) is 1. The third-order valence-electron chi connectivity index (χ3n) is 3.49. The summed E-state index contributed by atoms with van der Waals surface area (Å²) in [6, 6.07) is 7.16. The molecule has 100 valence electrons. The van der Waals surface area contributed by atoms with Gasteiger partial charge < -0.3 is 10.2 Å². The summed E-state index contributed by atoms with van der Waals surface area (Å²) in [6.07, 6.45) is 2.71. The predicted octanol–water partition coefficient (Wildman–Crippen LogP) is 2.82. The minimum atomic E-state index is -0.108. The Hall–Kier alpha value is -0.930. The van der Waals surface area contributed by atoms with Gasteiger partial charge in [-0.05, 0) is 38.4 Å². The smallest absolute Gasteiger partial charge is 0.128 e. The van der Waals surface area contributed by atoms with Gasteiger partial charge in [-0.3, -0.25) is 0 Å². The van der Waals surface area contributed by atoms with Crippen LogP contribution in [0.15, 0.2) is 24.3 Å². The first kappa shape index (κ1) is 13.5. The molecule has 0 spiro atoms. The van der Waals surface area contributed by atoms with Crippen LogP contribution in [0.3, 0.4) is 0 Å². The molecule has 0 amide bonds. The fourth-order valence-corrected chi connectivity index (χ4v) is 2.40. The summed E-state index contributed by atoms with van der Waals surface area (Å²) < 4.78 is 13.8. The second kappa shape index (κ2) is 6.30. The van der Waals surface area contributed by atoms with Crippen LogP contribution < -0.4 is 5.32 Å². The molecule has 0 aromatic heterocycles. The van der Waals surface area contributed by atoms with Crippen LogP contribution in [0.2, 0.25) is 0 Å². The fourth-order valence-electron chi connectivity index (χ4n) is 2.40. The van der Waals surface area contributed by atoms with Crippen LogP contribution >= 0.6 is 0 Å². The summed E-state index contributed by atoms with van der Waals surface area (Å²) in [5, 5.41) is 3.38. The van der Waals surface area contributed by atoms with Crippen LogP contribution in [-0.2, 0) is 0 Å². The quantitative estimate of drug-likeness (QED) is 0.800. The topological polar surface area (TPSA) is 15.3 Å². The summed E-state index contributed by atoms with van der Waals surface area (Å²) in [4.78, 5) is 2.32. The molecule has 0 aliphatic heterocycles. The van der Waals surface area contributed by atoms with Crippen molar-refractivity contribution in [1.29, 1.82) is 0 Å². The number of nitrogens with one attached hydrogen (secondary N) is 1. The number of benzene rings is 1. The first-order valence-electron chi connectivity index (χ1n) is 6.87. The van der Waals surface area contributed by atoms with Crippen LogP contribution in [-0.4, -0.2) is 31.6 Å². The van der Waals surface area contributed by atoms with Crippen molar-refractivity contribution in [1.82, 2.24) is 10.2 Å². The lowest BCUT2D eigenvalue weighted by atomic mass is 10.1. The molecule has 2 nitrogen and oxygen atoms in total. The highest BCUT2D eigenvalue weighted by Gasteiger charge is 2.24. The van der Waals surface area contributed by atoms with Gasteiger partial charge in [0, 0.05) is 24.7 Å². The molecule has 0 saturated heterocycles. The lowest BCUT2D eigenvalue weighted by Crippen LogP contribution is -2.34. The molecular formula is C15H23FN2. The van der Waals surface area contributed by atoms with Gasteiger partial charge in [-0.1, -0.05) is 25.1 Å². The van der Waals surface area contributed by atoms with Crippen LogP contribution in [0.4, 0.5) is 4.39 Å². The Bertz CT molecular complexity index is 377. The molecule has 0 heterocycles. The molecular weight excluding hydrogens is 227 g/mol. The minimum absolute atomic E-state index is 0.0833. The van der Waals surface area contributed by atoms with Crippen LogP contribution in [0, 0.1) is 11.7 Å². The molecule has 1 aromatic carbocycles. The van der Waals surface area contributed by atoms with E-state index in [1.54, 1.807) is 12.1 Å². The van der Waals surface area contributed by atoms with Crippen molar-refractivity contribution >= 4 is 0 Å². The van der Waals surface area contributed by atoms with E-state index in [4.69, 9.17) is 0 Å². The van der Waals surface area contributed by atoms with Crippen molar-refractivity contribution in [2.24, 2.45) is 5.92 Å². The maximum Gasteiger partial charge on any atom is 0.128 e. The van der Waals surface area contributed by atoms with E-state index in [-0.39, 0.29) is 11.9 Å². The second-order valence-electron chi connectivity index (χ2n) is 5.30. The number of nitrogens with zero attached hydrogens (tertiary/aromatic N) is 1. The van der Waals surface area contributed by atoms with Crippen LogP contribution in [0.1, 0.15) is 31.4 Å². The Labute approximate surface area is 109 Å². The largest absolute Gasteiger partial charge is 0.309 e. The molecule has 1 fully saturated rings. The Morgan fingerprint density at radius 1 is 1.39 bits per heavy atom. The van der Waals surface area contributed by atoms with E-state index in [1.165, 1.54) is 12.8 Å². The molecule has 3 heteroatoms. The molecule has 1 atom stereocenters. The van der Waals surface area contributed by atoms with E-state index < -0.39 is 0 Å². The van der Waals surface area contributed by atoms with Gasteiger partial charge in [-0.25, -0.2) is 4.39 Å². The highest BCUT2D eigenvalue weighted by Crippen LogP contribution is 2.30. The molecule has 2 rings (SSSR count). The predicted molar refractivity (Wildman–Crippen MR) is 73.0 cm³/mol. The van der Waals surface area contributed by atoms with Gasteiger partial charge in [-0.15, -0.1) is 0 Å². The van der Waals surface area contributed by atoms with E-state index in [1.807, 2.05) is 12.1 Å². The monoisotopic (exact) mass is 250 g/mol. The molecule has 18 heavy (non-hydrogen) atoms. The van der Waals surface area contributed by atoms with Crippen molar-refractivity contribution < 1.29 is 4.39 Å². The number of halogens is 1. The van der Waals surface area contributed by atoms with E-state index in [0.29, 0.717) is 0 Å². The average Bonchev–Trinajstić information content (AvgIpc) is 3.13. The molecule has 0 radical (unpaired) electrons. The van der Waals surface area contributed by atoms with Gasteiger partial charge in [0.2, 0.25) is 0 Å². The van der Waals surface area contributed by atoms with Crippen LogP contribution in [0.5, 0.6) is 0 Å². The Balaban J connectivity index is 2.00. The third-order valence-corrected chi connectivity index (χ3v) is 3.49. The van der Waals surface area contributed by atoms with Gasteiger partial charge in [0.15, 0.2) is 0 Å². The lowest BCUT2D eigenvalue weighted by Gasteiger charge is -2.25. The van der Waals surface area contributed by atoms with Crippen molar-refractivity contribution in [2.45, 2.75) is 25.8 Å². The second-order valence-corrected chi connectivity index (χ2v) is 5.30. The molecule has 1 unspecified atom stereocenters. The van der Waals surface area contributed by atoms with Crippen molar-refractivity contribution in [3.8, 4) is 0 Å². The third kappa shape index (κ3) is 3.79.